The second-order valence-corrected chi connectivity index (χ2v) is 11.7. The van der Waals surface area contributed by atoms with E-state index in [0.717, 1.165) is 50.6 Å². The number of nitrogens with one attached hydrogen (secondary N) is 1. The summed E-state index contributed by atoms with van der Waals surface area (Å²) < 4.78 is 0. The van der Waals surface area contributed by atoms with Crippen LogP contribution in [0.5, 0.6) is 0 Å². The predicted molar refractivity (Wildman–Crippen MR) is 152 cm³/mol. The lowest BCUT2D eigenvalue weighted by molar-refractivity contribution is -0.129. The zero-order valence-corrected chi connectivity index (χ0v) is 22.9. The number of amides is 2. The molecule has 0 spiro atoms. The number of piperidine rings is 2. The fourth-order valence-corrected chi connectivity index (χ4v) is 7.11. The monoisotopic (exact) mass is 531 g/mol. The Balaban J connectivity index is 1.12. The summed E-state index contributed by atoms with van der Waals surface area (Å²) in [4.78, 5) is 40.6. The summed E-state index contributed by atoms with van der Waals surface area (Å²) in [6.45, 7) is 4.80. The predicted octanol–water partition coefficient (Wildman–Crippen LogP) is 4.03. The molecule has 4 fully saturated rings. The summed E-state index contributed by atoms with van der Waals surface area (Å²) in [5.41, 5.74) is 8.01. The third-order valence-corrected chi connectivity index (χ3v) is 9.28. The fourth-order valence-electron chi connectivity index (χ4n) is 7.11. The van der Waals surface area contributed by atoms with Crippen molar-refractivity contribution in [1.82, 2.24) is 19.8 Å². The number of primary amides is 1. The summed E-state index contributed by atoms with van der Waals surface area (Å²) in [6.07, 6.45) is 13.2. The van der Waals surface area contributed by atoms with Crippen LogP contribution in [-0.2, 0) is 4.79 Å². The molecule has 3 N–H and O–H groups in total. The average Bonchev–Trinajstić information content (AvgIpc) is 3.66. The Morgan fingerprint density at radius 2 is 1.64 bits per heavy atom. The smallest absolute Gasteiger partial charge is 0.271 e. The summed E-state index contributed by atoms with van der Waals surface area (Å²) in [5.74, 6) is 1.31. The zero-order chi connectivity index (χ0) is 26.8. The Hall–Kier alpha value is -3.20. The number of anilines is 3. The van der Waals surface area contributed by atoms with E-state index in [2.05, 4.69) is 44.4 Å². The van der Waals surface area contributed by atoms with E-state index < -0.39 is 5.91 Å². The lowest BCUT2D eigenvalue weighted by Crippen LogP contribution is -2.48. The summed E-state index contributed by atoms with van der Waals surface area (Å²) in [5, 5.41) is 3.31. The minimum Gasteiger partial charge on any atom is -0.364 e. The summed E-state index contributed by atoms with van der Waals surface area (Å²) in [7, 11) is 0. The molecular weight excluding hydrogens is 490 g/mol. The van der Waals surface area contributed by atoms with Gasteiger partial charge >= 0.3 is 0 Å². The number of nitrogens with two attached hydrogens (primary N) is 1. The van der Waals surface area contributed by atoms with Crippen LogP contribution < -0.4 is 16.0 Å². The van der Waals surface area contributed by atoms with Crippen molar-refractivity contribution in [2.75, 3.05) is 42.9 Å². The van der Waals surface area contributed by atoms with Crippen LogP contribution in [0.1, 0.15) is 86.2 Å². The molecule has 4 aliphatic rings. The largest absolute Gasteiger partial charge is 0.364 e. The topological polar surface area (TPSA) is 108 Å². The van der Waals surface area contributed by atoms with Gasteiger partial charge in [-0.25, -0.2) is 9.97 Å². The van der Waals surface area contributed by atoms with Gasteiger partial charge in [-0.15, -0.1) is 0 Å². The van der Waals surface area contributed by atoms with Crippen molar-refractivity contribution >= 4 is 29.1 Å². The molecule has 1 unspecified atom stereocenters. The first-order valence-corrected chi connectivity index (χ1v) is 14.9. The van der Waals surface area contributed by atoms with Crippen molar-refractivity contribution in [3.8, 4) is 0 Å². The molecule has 2 aromatic rings. The molecular formula is C30H41N7O2. The van der Waals surface area contributed by atoms with E-state index in [1.165, 1.54) is 57.2 Å². The Kier molecular flexibility index (Phi) is 7.68. The number of aromatic nitrogens is 2. The number of nitrogens with zero attached hydrogens (tertiary/aromatic N) is 5. The Labute approximate surface area is 231 Å². The van der Waals surface area contributed by atoms with Crippen LogP contribution in [0.4, 0.5) is 17.3 Å². The van der Waals surface area contributed by atoms with Crippen LogP contribution >= 0.6 is 0 Å². The highest BCUT2D eigenvalue weighted by molar-refractivity contribution is 5.96. The third kappa shape index (κ3) is 5.73. The van der Waals surface area contributed by atoms with E-state index >= 15 is 0 Å². The second kappa shape index (κ2) is 11.5. The molecule has 2 amide bonds. The van der Waals surface area contributed by atoms with E-state index in [1.807, 2.05) is 4.90 Å². The van der Waals surface area contributed by atoms with Crippen LogP contribution in [0.3, 0.4) is 0 Å². The molecule has 3 saturated heterocycles. The van der Waals surface area contributed by atoms with Crippen LogP contribution in [0.2, 0.25) is 0 Å². The molecule has 208 valence electrons. The molecule has 1 aromatic carbocycles. The van der Waals surface area contributed by atoms with Gasteiger partial charge in [0.15, 0.2) is 11.5 Å². The van der Waals surface area contributed by atoms with Gasteiger partial charge in [-0.3, -0.25) is 9.59 Å². The summed E-state index contributed by atoms with van der Waals surface area (Å²) in [6, 6.07) is 9.53. The highest BCUT2D eigenvalue weighted by atomic mass is 16.2. The number of rotatable bonds is 7. The molecule has 1 saturated carbocycles. The molecule has 0 radical (unpaired) electrons. The quantitative estimate of drug-likeness (QED) is 0.555. The van der Waals surface area contributed by atoms with Gasteiger partial charge in [0.2, 0.25) is 5.91 Å². The van der Waals surface area contributed by atoms with Gasteiger partial charge in [-0.1, -0.05) is 25.0 Å². The molecule has 4 heterocycles. The third-order valence-electron chi connectivity index (χ3n) is 9.28. The number of carbonyl (C=O) groups is 2. The maximum Gasteiger partial charge on any atom is 0.271 e. The van der Waals surface area contributed by atoms with Crippen molar-refractivity contribution in [1.29, 1.82) is 0 Å². The molecule has 39 heavy (non-hydrogen) atoms. The van der Waals surface area contributed by atoms with Crippen LogP contribution in [0, 0.1) is 0 Å². The molecule has 9 heteroatoms. The van der Waals surface area contributed by atoms with Gasteiger partial charge in [0.05, 0.1) is 6.20 Å². The fraction of sp³-hybridized carbons (Fsp3) is 0.600. The summed E-state index contributed by atoms with van der Waals surface area (Å²) >= 11 is 0. The second-order valence-electron chi connectivity index (χ2n) is 11.7. The van der Waals surface area contributed by atoms with Crippen LogP contribution in [0.15, 0.2) is 30.5 Å². The van der Waals surface area contributed by atoms with Gasteiger partial charge in [-0.05, 0) is 81.6 Å². The average molecular weight is 532 g/mol. The Morgan fingerprint density at radius 3 is 2.33 bits per heavy atom. The minimum absolute atomic E-state index is 0.130. The van der Waals surface area contributed by atoms with Crippen LogP contribution in [-0.4, -0.2) is 76.4 Å². The lowest BCUT2D eigenvalue weighted by Gasteiger charge is -2.38. The van der Waals surface area contributed by atoms with Gasteiger partial charge in [0.25, 0.3) is 5.91 Å². The Morgan fingerprint density at radius 1 is 0.897 bits per heavy atom. The van der Waals surface area contributed by atoms with Gasteiger partial charge in [0.1, 0.15) is 5.82 Å². The van der Waals surface area contributed by atoms with Crippen molar-refractivity contribution in [2.45, 2.75) is 82.2 Å². The first-order valence-electron chi connectivity index (χ1n) is 14.9. The lowest BCUT2D eigenvalue weighted by atomic mass is 9.88. The number of hydrogen-bond donors (Lipinski definition) is 2. The SMILES string of the molecule is NC(=O)c1ncc(N2CCCC(N3CCCC3=O)C2)nc1Nc1ccc(C2CCN(C3CCCC3)CC2)cc1. The standard InChI is InChI=1S/C30H41N7O2/c31-29(39)28-30(34-26(19-32-28)36-15-3-7-25(20-36)37-16-4-8-27(37)38)33-23-11-9-21(10-12-23)22-13-17-35(18-14-22)24-5-1-2-6-24/h9-12,19,22,24-25H,1-8,13-18,20H2,(H2,31,39)(H,33,34). The molecule has 3 aliphatic heterocycles. The van der Waals surface area contributed by atoms with Crippen LogP contribution in [0.25, 0.3) is 0 Å². The van der Waals surface area contributed by atoms with E-state index in [-0.39, 0.29) is 17.6 Å². The normalized spacial score (nSPS) is 23.5. The zero-order valence-electron chi connectivity index (χ0n) is 22.9. The first kappa shape index (κ1) is 26.0. The van der Waals surface area contributed by atoms with Gasteiger partial charge < -0.3 is 25.8 Å². The molecule has 9 nitrogen and oxygen atoms in total. The number of carbonyl (C=O) groups excluding carboxylic acids is 2. The van der Waals surface area contributed by atoms with E-state index in [9.17, 15) is 9.59 Å². The number of hydrogen-bond acceptors (Lipinski definition) is 7. The molecule has 0 bridgehead atoms. The Bertz CT molecular complexity index is 1170. The van der Waals surface area contributed by atoms with Crippen molar-refractivity contribution < 1.29 is 9.59 Å². The first-order chi connectivity index (χ1) is 19.0. The van der Waals surface area contributed by atoms with Gasteiger partial charge in [-0.2, -0.15) is 0 Å². The number of benzene rings is 1. The van der Waals surface area contributed by atoms with Crippen molar-refractivity contribution in [3.05, 3.63) is 41.7 Å². The maximum atomic E-state index is 12.3. The number of likely N-dealkylation sites (tertiary alicyclic amines) is 2. The minimum atomic E-state index is -0.610. The molecule has 1 aromatic heterocycles. The molecule has 6 rings (SSSR count). The van der Waals surface area contributed by atoms with Crippen molar-refractivity contribution in [2.24, 2.45) is 5.73 Å². The highest BCUT2D eigenvalue weighted by Crippen LogP contribution is 2.33. The van der Waals surface area contributed by atoms with E-state index in [1.54, 1.807) is 6.20 Å². The van der Waals surface area contributed by atoms with Crippen molar-refractivity contribution in [3.63, 3.8) is 0 Å². The maximum absolute atomic E-state index is 12.3. The highest BCUT2D eigenvalue weighted by Gasteiger charge is 2.32. The van der Waals surface area contributed by atoms with Gasteiger partial charge in [0, 0.05) is 43.8 Å². The molecule has 1 aliphatic carbocycles. The van der Waals surface area contributed by atoms with E-state index in [4.69, 9.17) is 10.7 Å². The molecule has 1 atom stereocenters. The van der Waals surface area contributed by atoms with E-state index in [0.29, 0.717) is 24.0 Å².